The second kappa shape index (κ2) is 8.17. The Hall–Kier alpha value is -0.160. The van der Waals surface area contributed by atoms with Crippen molar-refractivity contribution in [3.63, 3.8) is 0 Å². The third-order valence-corrected chi connectivity index (χ3v) is 2.13. The van der Waals surface area contributed by atoms with Crippen LogP contribution in [0.3, 0.4) is 0 Å². The molecule has 0 aromatic heterocycles. The first-order chi connectivity index (χ1) is 6.61. The third-order valence-electron chi connectivity index (χ3n) is 2.13. The van der Waals surface area contributed by atoms with Crippen molar-refractivity contribution < 1.29 is 14.6 Å². The Morgan fingerprint density at radius 3 is 2.14 bits per heavy atom. The normalized spacial score (nSPS) is 15.9. The van der Waals surface area contributed by atoms with Gasteiger partial charge in [-0.05, 0) is 5.92 Å². The molecule has 0 aliphatic carbocycles. The van der Waals surface area contributed by atoms with Crippen molar-refractivity contribution in [3.05, 3.63) is 0 Å². The zero-order valence-corrected chi connectivity index (χ0v) is 9.62. The maximum absolute atomic E-state index is 9.42. The van der Waals surface area contributed by atoms with Gasteiger partial charge in [0.25, 0.3) is 0 Å². The first-order valence-corrected chi connectivity index (χ1v) is 5.01. The van der Waals surface area contributed by atoms with E-state index in [0.29, 0.717) is 25.7 Å². The molecule has 0 saturated carbocycles. The Kier molecular flexibility index (Phi) is 8.08. The minimum Gasteiger partial charge on any atom is -0.389 e. The largest absolute Gasteiger partial charge is 0.389 e. The van der Waals surface area contributed by atoms with Crippen LogP contribution in [0.25, 0.3) is 0 Å². The molecule has 14 heavy (non-hydrogen) atoms. The lowest BCUT2D eigenvalue weighted by Crippen LogP contribution is -2.42. The predicted octanol–water partition coefficient (Wildman–Crippen LogP) is 0.254. The smallest absolute Gasteiger partial charge is 0.0897 e. The fraction of sp³-hybridized carbons (Fsp3) is 1.00. The van der Waals surface area contributed by atoms with Gasteiger partial charge >= 0.3 is 0 Å². The van der Waals surface area contributed by atoms with Gasteiger partial charge in [-0.25, -0.2) is 0 Å². The molecule has 0 aliphatic heterocycles. The summed E-state index contributed by atoms with van der Waals surface area (Å²) in [6.45, 7) is 5.82. The summed E-state index contributed by atoms with van der Waals surface area (Å²) in [6.07, 6.45) is -0.446. The van der Waals surface area contributed by atoms with Gasteiger partial charge in [-0.3, -0.25) is 0 Å². The molecule has 0 aromatic rings. The summed E-state index contributed by atoms with van der Waals surface area (Å²) in [4.78, 5) is 0. The number of nitrogens with one attached hydrogen (secondary N) is 1. The van der Waals surface area contributed by atoms with Crippen molar-refractivity contribution in [2.75, 3.05) is 34.0 Å². The van der Waals surface area contributed by atoms with Crippen molar-refractivity contribution >= 4 is 0 Å². The lowest BCUT2D eigenvalue weighted by molar-refractivity contribution is 0.0568. The highest BCUT2D eigenvalue weighted by Gasteiger charge is 2.13. The van der Waals surface area contributed by atoms with Crippen molar-refractivity contribution in [1.82, 2.24) is 5.32 Å². The van der Waals surface area contributed by atoms with Gasteiger partial charge in [-0.15, -0.1) is 0 Å². The Morgan fingerprint density at radius 1 is 1.14 bits per heavy atom. The molecule has 4 nitrogen and oxygen atoms in total. The van der Waals surface area contributed by atoms with Gasteiger partial charge in [0.2, 0.25) is 0 Å². The summed E-state index contributed by atoms with van der Waals surface area (Å²) in [5.41, 5.74) is 0. The SMILES string of the molecule is COCC(O)CNC(COC)C(C)C. The molecule has 86 valence electrons. The Balaban J connectivity index is 3.69. The number of hydrogen-bond donors (Lipinski definition) is 2. The fourth-order valence-corrected chi connectivity index (χ4v) is 1.21. The number of methoxy groups -OCH3 is 2. The van der Waals surface area contributed by atoms with Gasteiger partial charge < -0.3 is 19.9 Å². The first kappa shape index (κ1) is 13.8. The minimum atomic E-state index is -0.446. The first-order valence-electron chi connectivity index (χ1n) is 5.01. The number of hydrogen-bond acceptors (Lipinski definition) is 4. The highest BCUT2D eigenvalue weighted by molar-refractivity contribution is 4.71. The number of aliphatic hydroxyl groups excluding tert-OH is 1. The summed E-state index contributed by atoms with van der Waals surface area (Å²) >= 11 is 0. The van der Waals surface area contributed by atoms with E-state index in [-0.39, 0.29) is 6.04 Å². The van der Waals surface area contributed by atoms with E-state index in [1.54, 1.807) is 14.2 Å². The maximum atomic E-state index is 9.42. The Bertz CT molecular complexity index is 131. The monoisotopic (exact) mass is 205 g/mol. The summed E-state index contributed by atoms with van der Waals surface area (Å²) in [5.74, 6) is 0.490. The van der Waals surface area contributed by atoms with Crippen LogP contribution in [-0.2, 0) is 9.47 Å². The number of rotatable bonds is 8. The molecular formula is C10H23NO3. The predicted molar refractivity (Wildman–Crippen MR) is 56.4 cm³/mol. The van der Waals surface area contributed by atoms with Crippen molar-refractivity contribution in [2.24, 2.45) is 5.92 Å². The molecule has 2 atom stereocenters. The molecule has 0 saturated heterocycles. The molecule has 0 amide bonds. The van der Waals surface area contributed by atoms with E-state index in [4.69, 9.17) is 9.47 Å². The minimum absolute atomic E-state index is 0.284. The topological polar surface area (TPSA) is 50.7 Å². The van der Waals surface area contributed by atoms with Crippen molar-refractivity contribution in [2.45, 2.75) is 26.0 Å². The van der Waals surface area contributed by atoms with Crippen LogP contribution in [0.15, 0.2) is 0 Å². The molecular weight excluding hydrogens is 182 g/mol. The highest BCUT2D eigenvalue weighted by Crippen LogP contribution is 2.01. The van der Waals surface area contributed by atoms with Crippen LogP contribution < -0.4 is 5.32 Å². The zero-order valence-electron chi connectivity index (χ0n) is 9.62. The summed E-state index contributed by atoms with van der Waals surface area (Å²) in [5, 5.41) is 12.7. The van der Waals surface area contributed by atoms with Crippen LogP contribution in [0, 0.1) is 5.92 Å². The average molecular weight is 205 g/mol. The molecule has 0 aliphatic rings. The molecule has 2 unspecified atom stereocenters. The van der Waals surface area contributed by atoms with Crippen LogP contribution in [0.4, 0.5) is 0 Å². The van der Waals surface area contributed by atoms with Gasteiger partial charge in [0, 0.05) is 26.8 Å². The van der Waals surface area contributed by atoms with Gasteiger partial charge in [0.05, 0.1) is 19.3 Å². The summed E-state index contributed by atoms with van der Waals surface area (Å²) in [7, 11) is 3.26. The van der Waals surface area contributed by atoms with Crippen molar-refractivity contribution in [3.8, 4) is 0 Å². The van der Waals surface area contributed by atoms with E-state index < -0.39 is 6.10 Å². The summed E-state index contributed by atoms with van der Waals surface area (Å²) in [6, 6.07) is 0.284. The van der Waals surface area contributed by atoms with Crippen LogP contribution in [-0.4, -0.2) is 51.2 Å². The van der Waals surface area contributed by atoms with Gasteiger partial charge in [0.15, 0.2) is 0 Å². The number of aliphatic hydroxyl groups is 1. The second-order valence-corrected chi connectivity index (χ2v) is 3.82. The highest BCUT2D eigenvalue weighted by atomic mass is 16.5. The van der Waals surface area contributed by atoms with E-state index in [9.17, 15) is 5.11 Å². The molecule has 2 N–H and O–H groups in total. The molecule has 0 rings (SSSR count). The van der Waals surface area contributed by atoms with E-state index in [0.717, 1.165) is 0 Å². The van der Waals surface area contributed by atoms with Gasteiger partial charge in [0.1, 0.15) is 0 Å². The molecule has 0 spiro atoms. The van der Waals surface area contributed by atoms with Gasteiger partial charge in [-0.2, -0.15) is 0 Å². The second-order valence-electron chi connectivity index (χ2n) is 3.82. The maximum Gasteiger partial charge on any atom is 0.0897 e. The van der Waals surface area contributed by atoms with E-state index in [1.165, 1.54) is 0 Å². The van der Waals surface area contributed by atoms with Crippen LogP contribution in [0.2, 0.25) is 0 Å². The molecule has 0 radical (unpaired) electrons. The number of ether oxygens (including phenoxy) is 2. The van der Waals surface area contributed by atoms with Crippen LogP contribution in [0.1, 0.15) is 13.8 Å². The lowest BCUT2D eigenvalue weighted by atomic mass is 10.1. The molecule has 0 fully saturated rings. The quantitative estimate of drug-likeness (QED) is 0.596. The molecule has 0 bridgehead atoms. The molecule has 0 heterocycles. The Morgan fingerprint density at radius 2 is 1.71 bits per heavy atom. The van der Waals surface area contributed by atoms with E-state index in [1.807, 2.05) is 0 Å². The molecule has 4 heteroatoms. The van der Waals surface area contributed by atoms with E-state index >= 15 is 0 Å². The lowest BCUT2D eigenvalue weighted by Gasteiger charge is -2.23. The molecule has 0 aromatic carbocycles. The Labute approximate surface area is 86.6 Å². The average Bonchev–Trinajstić information content (AvgIpc) is 2.12. The summed E-state index contributed by atoms with van der Waals surface area (Å²) < 4.78 is 9.92. The third kappa shape index (κ3) is 6.32. The van der Waals surface area contributed by atoms with Gasteiger partial charge in [-0.1, -0.05) is 13.8 Å². The van der Waals surface area contributed by atoms with Crippen molar-refractivity contribution in [1.29, 1.82) is 0 Å². The van der Waals surface area contributed by atoms with Crippen LogP contribution in [0.5, 0.6) is 0 Å². The van der Waals surface area contributed by atoms with E-state index in [2.05, 4.69) is 19.2 Å². The van der Waals surface area contributed by atoms with Crippen LogP contribution >= 0.6 is 0 Å². The standard InChI is InChI=1S/C10H23NO3/c1-8(2)10(7-14-4)11-5-9(12)6-13-3/h8-12H,5-7H2,1-4H3. The zero-order chi connectivity index (χ0) is 11.0. The fourth-order valence-electron chi connectivity index (χ4n) is 1.21.